The topological polar surface area (TPSA) is 33.6 Å². The first kappa shape index (κ1) is 12.9. The third kappa shape index (κ3) is 2.34. The van der Waals surface area contributed by atoms with Crippen LogP contribution in [0.1, 0.15) is 50.8 Å². The molecule has 1 N–H and O–H groups in total. The van der Waals surface area contributed by atoms with Crippen molar-refractivity contribution in [1.29, 1.82) is 0 Å². The molecule has 0 radical (unpaired) electrons. The summed E-state index contributed by atoms with van der Waals surface area (Å²) in [6.07, 6.45) is 6.51. The van der Waals surface area contributed by atoms with Crippen LogP contribution in [-0.2, 0) is 0 Å². The third-order valence-corrected chi connectivity index (χ3v) is 4.65. The van der Waals surface area contributed by atoms with Gasteiger partial charge in [-0.1, -0.05) is 26.2 Å². The van der Waals surface area contributed by atoms with Crippen LogP contribution in [0.25, 0.3) is 11.2 Å². The molecule has 0 saturated heterocycles. The lowest BCUT2D eigenvalue weighted by atomic mass is 9.97. The molecule has 102 valence electrons. The lowest BCUT2D eigenvalue weighted by Gasteiger charge is -2.23. The van der Waals surface area contributed by atoms with Crippen LogP contribution in [0.15, 0.2) is 12.1 Å². The van der Waals surface area contributed by atoms with Gasteiger partial charge in [-0.15, -0.1) is 0 Å². The van der Waals surface area contributed by atoms with Gasteiger partial charge >= 0.3 is 0 Å². The van der Waals surface area contributed by atoms with E-state index in [-0.39, 0.29) is 0 Å². The van der Waals surface area contributed by atoms with E-state index in [1.54, 1.807) is 0 Å². The zero-order chi connectivity index (χ0) is 13.4. The lowest BCUT2D eigenvalue weighted by Crippen LogP contribution is -2.16. The minimum absolute atomic E-state index is 0.498. The molecule has 2 atom stereocenters. The maximum atomic E-state index is 5.54. The number of aryl methyl sites for hydroxylation is 1. The van der Waals surface area contributed by atoms with E-state index in [9.17, 15) is 0 Å². The van der Waals surface area contributed by atoms with Crippen molar-refractivity contribution >= 4 is 23.4 Å². The molecule has 0 aromatic carbocycles. The maximum Gasteiger partial charge on any atom is 0.179 e. The molecule has 2 aromatic heterocycles. The fourth-order valence-electron chi connectivity index (χ4n) is 3.26. The molecule has 0 aliphatic heterocycles. The lowest BCUT2D eigenvalue weighted by molar-refractivity contribution is 0.336. The van der Waals surface area contributed by atoms with Crippen molar-refractivity contribution in [3.63, 3.8) is 0 Å². The van der Waals surface area contributed by atoms with Crippen LogP contribution in [0.3, 0.4) is 0 Å². The Balaban J connectivity index is 2.15. The first-order chi connectivity index (χ1) is 9.16. The van der Waals surface area contributed by atoms with Gasteiger partial charge in [0.2, 0.25) is 0 Å². The van der Waals surface area contributed by atoms with Crippen molar-refractivity contribution in [2.75, 3.05) is 0 Å². The molecule has 0 spiro atoms. The molecular formula is C15H21N3S. The normalized spacial score (nSPS) is 24.5. The molecule has 4 heteroatoms. The average Bonchev–Trinajstić information content (AvgIpc) is 2.55. The molecule has 1 saturated carbocycles. The highest BCUT2D eigenvalue weighted by atomic mass is 32.1. The molecule has 1 fully saturated rings. The van der Waals surface area contributed by atoms with Crippen molar-refractivity contribution in [3.8, 4) is 0 Å². The number of imidazole rings is 1. The van der Waals surface area contributed by atoms with Crippen molar-refractivity contribution in [1.82, 2.24) is 14.5 Å². The van der Waals surface area contributed by atoms with E-state index in [2.05, 4.69) is 22.5 Å². The van der Waals surface area contributed by atoms with E-state index >= 15 is 0 Å². The summed E-state index contributed by atoms with van der Waals surface area (Å²) >= 11 is 5.54. The molecule has 2 aromatic rings. The summed E-state index contributed by atoms with van der Waals surface area (Å²) in [6, 6.07) is 4.62. The summed E-state index contributed by atoms with van der Waals surface area (Å²) in [5, 5.41) is 0. The summed E-state index contributed by atoms with van der Waals surface area (Å²) in [6.45, 7) is 4.39. The van der Waals surface area contributed by atoms with E-state index < -0.39 is 0 Å². The van der Waals surface area contributed by atoms with Crippen LogP contribution < -0.4 is 0 Å². The Kier molecular flexibility index (Phi) is 3.44. The number of hydrogen-bond acceptors (Lipinski definition) is 2. The Morgan fingerprint density at radius 3 is 2.89 bits per heavy atom. The minimum Gasteiger partial charge on any atom is -0.329 e. The van der Waals surface area contributed by atoms with Crippen molar-refractivity contribution in [3.05, 3.63) is 22.6 Å². The molecule has 0 amide bonds. The molecule has 1 aliphatic carbocycles. The maximum absolute atomic E-state index is 5.54. The van der Waals surface area contributed by atoms with Gasteiger partial charge in [-0.2, -0.15) is 0 Å². The van der Waals surface area contributed by atoms with Gasteiger partial charge in [-0.25, -0.2) is 4.98 Å². The smallest absolute Gasteiger partial charge is 0.179 e. The monoisotopic (exact) mass is 275 g/mol. The zero-order valence-electron chi connectivity index (χ0n) is 11.6. The third-order valence-electron chi connectivity index (χ3n) is 4.35. The molecule has 3 nitrogen and oxygen atoms in total. The highest BCUT2D eigenvalue weighted by molar-refractivity contribution is 7.71. The molecule has 2 heterocycles. The Labute approximate surface area is 119 Å². The van der Waals surface area contributed by atoms with E-state index in [0.29, 0.717) is 12.0 Å². The number of aromatic amines is 1. The number of hydrogen-bond donors (Lipinski definition) is 1. The van der Waals surface area contributed by atoms with Crippen LogP contribution in [0.5, 0.6) is 0 Å². The van der Waals surface area contributed by atoms with Crippen LogP contribution in [-0.4, -0.2) is 14.5 Å². The van der Waals surface area contributed by atoms with Gasteiger partial charge in [0.15, 0.2) is 10.4 Å². The van der Waals surface area contributed by atoms with Gasteiger partial charge < -0.3 is 4.98 Å². The second kappa shape index (κ2) is 5.08. The standard InChI is InChI=1S/C15H21N3S/c1-10-6-4-3-5-7-13(10)18-14-12(17-15(18)19)9-8-11(2)16-14/h8-10,13H,3-7H2,1-2H3,(H,17,19). The first-order valence-electron chi connectivity index (χ1n) is 7.24. The van der Waals surface area contributed by atoms with Crippen LogP contribution >= 0.6 is 12.2 Å². The zero-order valence-corrected chi connectivity index (χ0v) is 12.5. The number of H-pyrrole nitrogens is 1. The van der Waals surface area contributed by atoms with E-state index in [0.717, 1.165) is 21.6 Å². The Bertz CT molecular complexity index is 640. The van der Waals surface area contributed by atoms with Gasteiger partial charge in [0.1, 0.15) is 0 Å². The van der Waals surface area contributed by atoms with E-state index in [1.807, 2.05) is 13.0 Å². The highest BCUT2D eigenvalue weighted by Gasteiger charge is 2.24. The van der Waals surface area contributed by atoms with Crippen molar-refractivity contribution in [2.45, 2.75) is 52.0 Å². The van der Waals surface area contributed by atoms with Gasteiger partial charge in [-0.05, 0) is 50.0 Å². The van der Waals surface area contributed by atoms with E-state index in [1.165, 1.54) is 32.1 Å². The number of aromatic nitrogens is 3. The first-order valence-corrected chi connectivity index (χ1v) is 7.65. The minimum atomic E-state index is 0.498. The number of nitrogens with zero attached hydrogens (tertiary/aromatic N) is 2. The molecule has 0 bridgehead atoms. The Hall–Kier alpha value is -1.16. The predicted octanol–water partition coefficient (Wildman–Crippen LogP) is 4.54. The molecule has 1 aliphatic rings. The van der Waals surface area contributed by atoms with Crippen LogP contribution in [0, 0.1) is 17.6 Å². The quantitative estimate of drug-likeness (QED) is 0.612. The highest BCUT2D eigenvalue weighted by Crippen LogP contribution is 2.34. The largest absolute Gasteiger partial charge is 0.329 e. The second-order valence-electron chi connectivity index (χ2n) is 5.81. The molecule has 19 heavy (non-hydrogen) atoms. The molecule has 2 unspecified atom stereocenters. The van der Waals surface area contributed by atoms with E-state index in [4.69, 9.17) is 17.2 Å². The van der Waals surface area contributed by atoms with Gasteiger partial charge in [0.05, 0.1) is 5.52 Å². The predicted molar refractivity (Wildman–Crippen MR) is 80.9 cm³/mol. The average molecular weight is 275 g/mol. The van der Waals surface area contributed by atoms with Gasteiger partial charge in [0.25, 0.3) is 0 Å². The summed E-state index contributed by atoms with van der Waals surface area (Å²) in [5.41, 5.74) is 3.15. The summed E-state index contributed by atoms with van der Waals surface area (Å²) < 4.78 is 3.10. The number of fused-ring (bicyclic) bond motifs is 1. The number of rotatable bonds is 1. The second-order valence-corrected chi connectivity index (χ2v) is 6.19. The fourth-order valence-corrected chi connectivity index (χ4v) is 3.59. The number of nitrogens with one attached hydrogen (secondary N) is 1. The molecular weight excluding hydrogens is 254 g/mol. The molecule has 3 rings (SSSR count). The van der Waals surface area contributed by atoms with Gasteiger partial charge in [-0.3, -0.25) is 4.57 Å². The summed E-state index contributed by atoms with van der Waals surface area (Å²) in [4.78, 5) is 8.01. The SMILES string of the molecule is Cc1ccc2[nH]c(=S)n(C3CCCCCC3C)c2n1. The van der Waals surface area contributed by atoms with Crippen molar-refractivity contribution in [2.24, 2.45) is 5.92 Å². The summed E-state index contributed by atoms with van der Waals surface area (Å²) in [7, 11) is 0. The summed E-state index contributed by atoms with van der Waals surface area (Å²) in [5.74, 6) is 0.676. The van der Waals surface area contributed by atoms with Crippen LogP contribution in [0.4, 0.5) is 0 Å². The van der Waals surface area contributed by atoms with Crippen molar-refractivity contribution < 1.29 is 0 Å². The Morgan fingerprint density at radius 2 is 2.05 bits per heavy atom. The Morgan fingerprint density at radius 1 is 1.26 bits per heavy atom. The fraction of sp³-hybridized carbons (Fsp3) is 0.600. The number of pyridine rings is 1. The van der Waals surface area contributed by atoms with Crippen LogP contribution in [0.2, 0.25) is 0 Å². The van der Waals surface area contributed by atoms with Gasteiger partial charge in [0, 0.05) is 11.7 Å².